The first-order valence-electron chi connectivity index (χ1n) is 4.48. The van der Waals surface area contributed by atoms with E-state index in [-0.39, 0.29) is 0 Å². The molecule has 0 aliphatic carbocycles. The van der Waals surface area contributed by atoms with Gasteiger partial charge in [-0.3, -0.25) is 4.68 Å². The molecule has 5 heteroatoms. The van der Waals surface area contributed by atoms with E-state index in [2.05, 4.69) is 12.0 Å². The van der Waals surface area contributed by atoms with Crippen LogP contribution in [0.4, 0.5) is 0 Å². The zero-order chi connectivity index (χ0) is 10.0. The van der Waals surface area contributed by atoms with Crippen molar-refractivity contribution in [2.75, 3.05) is 0 Å². The summed E-state index contributed by atoms with van der Waals surface area (Å²) in [4.78, 5) is 0. The highest BCUT2D eigenvalue weighted by molar-refractivity contribution is 6.59. The largest absolute Gasteiger partial charge is 0.492 e. The molecule has 2 N–H and O–H groups in total. The predicted octanol–water partition coefficient (Wildman–Crippen LogP) is -0.410. The molecule has 1 aromatic heterocycles. The molecule has 0 saturated heterocycles. The molecule has 0 radical (unpaired) electrons. The van der Waals surface area contributed by atoms with Crippen molar-refractivity contribution in [1.29, 1.82) is 0 Å². The van der Waals surface area contributed by atoms with Crippen LogP contribution in [0.15, 0.2) is 0 Å². The summed E-state index contributed by atoms with van der Waals surface area (Å²) in [6.45, 7) is 6.52. The normalized spacial score (nSPS) is 10.5. The van der Waals surface area contributed by atoms with Crippen LogP contribution in [0.3, 0.4) is 0 Å². The van der Waals surface area contributed by atoms with Crippen molar-refractivity contribution in [1.82, 2.24) is 9.78 Å². The van der Waals surface area contributed by atoms with E-state index in [1.54, 1.807) is 6.92 Å². The minimum atomic E-state index is -1.41. The van der Waals surface area contributed by atoms with Gasteiger partial charge in [-0.1, -0.05) is 6.92 Å². The molecule has 0 unspecified atom stereocenters. The fraction of sp³-hybridized carbons (Fsp3) is 0.625. The molecule has 0 aliphatic rings. The van der Waals surface area contributed by atoms with Crippen LogP contribution in [0.5, 0.6) is 0 Å². The van der Waals surface area contributed by atoms with E-state index >= 15 is 0 Å². The Bertz CT molecular complexity index is 297. The summed E-state index contributed by atoms with van der Waals surface area (Å²) >= 11 is 0. The Morgan fingerprint density at radius 2 is 2.00 bits per heavy atom. The Kier molecular flexibility index (Phi) is 3.11. The summed E-state index contributed by atoms with van der Waals surface area (Å²) in [5.41, 5.74) is 2.07. The van der Waals surface area contributed by atoms with Crippen molar-refractivity contribution in [2.24, 2.45) is 0 Å². The van der Waals surface area contributed by atoms with Gasteiger partial charge in [-0.25, -0.2) is 0 Å². The molecule has 1 heterocycles. The Hall–Kier alpha value is -0.805. The molecule has 0 aliphatic heterocycles. The summed E-state index contributed by atoms with van der Waals surface area (Å²) in [7, 11) is -1.41. The quantitative estimate of drug-likeness (QED) is 0.624. The zero-order valence-corrected chi connectivity index (χ0v) is 8.28. The van der Waals surface area contributed by atoms with Crippen molar-refractivity contribution in [3.63, 3.8) is 0 Å². The first-order valence-corrected chi connectivity index (χ1v) is 4.48. The number of hydrogen-bond donors (Lipinski definition) is 2. The topological polar surface area (TPSA) is 58.3 Å². The first kappa shape index (κ1) is 10.3. The number of nitrogens with zero attached hydrogens (tertiary/aromatic N) is 2. The van der Waals surface area contributed by atoms with Crippen LogP contribution in [0.1, 0.15) is 24.7 Å². The van der Waals surface area contributed by atoms with Gasteiger partial charge in [-0.05, 0) is 20.3 Å². The fourth-order valence-corrected chi connectivity index (χ4v) is 1.51. The van der Waals surface area contributed by atoms with Crippen molar-refractivity contribution >= 4 is 12.6 Å². The summed E-state index contributed by atoms with van der Waals surface area (Å²) in [6, 6.07) is 0. The zero-order valence-electron chi connectivity index (χ0n) is 8.28. The lowest BCUT2D eigenvalue weighted by Crippen LogP contribution is -2.33. The summed E-state index contributed by atoms with van der Waals surface area (Å²) < 4.78 is 1.81. The average molecular weight is 182 g/mol. The summed E-state index contributed by atoms with van der Waals surface area (Å²) in [5, 5.41) is 22.4. The standard InChI is InChI=1S/C8H15BN2O2/c1-4-5-11-7(3)8(9(12)13)6(2)10-11/h12-13H,4-5H2,1-3H3. The maximum atomic E-state index is 9.07. The van der Waals surface area contributed by atoms with Crippen LogP contribution < -0.4 is 5.46 Å². The number of aromatic nitrogens is 2. The van der Waals surface area contributed by atoms with Crippen LogP contribution in [-0.4, -0.2) is 26.9 Å². The highest BCUT2D eigenvalue weighted by Gasteiger charge is 2.21. The third-order valence-corrected chi connectivity index (χ3v) is 2.13. The van der Waals surface area contributed by atoms with Crippen molar-refractivity contribution in [2.45, 2.75) is 33.7 Å². The minimum absolute atomic E-state index is 0.536. The molecule has 4 nitrogen and oxygen atoms in total. The van der Waals surface area contributed by atoms with Crippen molar-refractivity contribution in [3.05, 3.63) is 11.4 Å². The Morgan fingerprint density at radius 1 is 1.38 bits per heavy atom. The van der Waals surface area contributed by atoms with Gasteiger partial charge in [0.2, 0.25) is 0 Å². The molecule has 1 rings (SSSR count). The van der Waals surface area contributed by atoms with E-state index in [4.69, 9.17) is 10.0 Å². The van der Waals surface area contributed by atoms with Crippen LogP contribution in [-0.2, 0) is 6.54 Å². The van der Waals surface area contributed by atoms with Gasteiger partial charge in [-0.15, -0.1) is 0 Å². The second-order valence-corrected chi connectivity index (χ2v) is 3.18. The molecule has 0 bridgehead atoms. The predicted molar refractivity (Wildman–Crippen MR) is 51.8 cm³/mol. The lowest BCUT2D eigenvalue weighted by Gasteiger charge is -2.02. The summed E-state index contributed by atoms with van der Waals surface area (Å²) in [6.07, 6.45) is 0.989. The molecule has 1 aromatic rings. The molecule has 13 heavy (non-hydrogen) atoms. The maximum absolute atomic E-state index is 9.07. The van der Waals surface area contributed by atoms with Crippen LogP contribution in [0, 0.1) is 13.8 Å². The average Bonchev–Trinajstić information content (AvgIpc) is 2.28. The highest BCUT2D eigenvalue weighted by Crippen LogP contribution is 2.01. The van der Waals surface area contributed by atoms with Gasteiger partial charge in [0.25, 0.3) is 0 Å². The molecular formula is C8H15BN2O2. The summed E-state index contributed by atoms with van der Waals surface area (Å²) in [5.74, 6) is 0. The third kappa shape index (κ3) is 1.92. The molecule has 0 amide bonds. The molecule has 0 spiro atoms. The number of hydrogen-bond acceptors (Lipinski definition) is 3. The number of aryl methyl sites for hydroxylation is 2. The van der Waals surface area contributed by atoms with E-state index in [9.17, 15) is 0 Å². The lowest BCUT2D eigenvalue weighted by molar-refractivity contribution is 0.425. The van der Waals surface area contributed by atoms with Crippen molar-refractivity contribution < 1.29 is 10.0 Å². The number of rotatable bonds is 3. The molecule has 0 atom stereocenters. The third-order valence-electron chi connectivity index (χ3n) is 2.13. The molecule has 72 valence electrons. The smallest absolute Gasteiger partial charge is 0.423 e. The van der Waals surface area contributed by atoms with E-state index in [0.717, 1.165) is 18.7 Å². The monoisotopic (exact) mass is 182 g/mol. The Balaban J connectivity index is 3.07. The first-order chi connectivity index (χ1) is 6.07. The van der Waals surface area contributed by atoms with Gasteiger partial charge in [0, 0.05) is 17.7 Å². The van der Waals surface area contributed by atoms with Gasteiger partial charge < -0.3 is 10.0 Å². The SMILES string of the molecule is CCCn1nc(C)c(B(O)O)c1C. The minimum Gasteiger partial charge on any atom is -0.423 e. The second kappa shape index (κ2) is 3.94. The Morgan fingerprint density at radius 3 is 2.38 bits per heavy atom. The van der Waals surface area contributed by atoms with E-state index in [1.165, 1.54) is 0 Å². The van der Waals surface area contributed by atoms with Gasteiger partial charge in [-0.2, -0.15) is 5.10 Å². The van der Waals surface area contributed by atoms with Crippen LogP contribution >= 0.6 is 0 Å². The van der Waals surface area contributed by atoms with E-state index < -0.39 is 7.12 Å². The van der Waals surface area contributed by atoms with Gasteiger partial charge >= 0.3 is 7.12 Å². The highest BCUT2D eigenvalue weighted by atomic mass is 16.4. The Labute approximate surface area is 78.3 Å². The molecule has 0 aromatic carbocycles. The molecular weight excluding hydrogens is 167 g/mol. The van der Waals surface area contributed by atoms with Crippen LogP contribution in [0.25, 0.3) is 0 Å². The second-order valence-electron chi connectivity index (χ2n) is 3.18. The lowest BCUT2D eigenvalue weighted by atomic mass is 9.78. The van der Waals surface area contributed by atoms with Gasteiger partial charge in [0.05, 0.1) is 5.69 Å². The van der Waals surface area contributed by atoms with Crippen molar-refractivity contribution in [3.8, 4) is 0 Å². The molecule has 0 fully saturated rings. The fourth-order valence-electron chi connectivity index (χ4n) is 1.51. The maximum Gasteiger partial charge on any atom is 0.492 e. The van der Waals surface area contributed by atoms with Gasteiger partial charge in [0.15, 0.2) is 0 Å². The van der Waals surface area contributed by atoms with Crippen LogP contribution in [0.2, 0.25) is 0 Å². The van der Waals surface area contributed by atoms with E-state index in [0.29, 0.717) is 11.2 Å². The van der Waals surface area contributed by atoms with E-state index in [1.807, 2.05) is 11.6 Å². The van der Waals surface area contributed by atoms with Gasteiger partial charge in [0.1, 0.15) is 0 Å². The molecule has 0 saturated carbocycles.